The lowest BCUT2D eigenvalue weighted by Crippen LogP contribution is -2.47. The van der Waals surface area contributed by atoms with Gasteiger partial charge in [0.25, 0.3) is 0 Å². The number of nitrogens with zero attached hydrogens (tertiary/aromatic N) is 2. The van der Waals surface area contributed by atoms with Crippen LogP contribution in [0.3, 0.4) is 0 Å². The summed E-state index contributed by atoms with van der Waals surface area (Å²) in [5, 5.41) is 3.19. The van der Waals surface area contributed by atoms with E-state index in [0.717, 1.165) is 43.2 Å². The van der Waals surface area contributed by atoms with E-state index in [2.05, 4.69) is 18.4 Å². The van der Waals surface area contributed by atoms with Crippen LogP contribution >= 0.6 is 34.5 Å². The highest BCUT2D eigenvalue weighted by molar-refractivity contribution is 7.10. The van der Waals surface area contributed by atoms with E-state index in [-0.39, 0.29) is 24.4 Å². The zero-order valence-electron chi connectivity index (χ0n) is 19.6. The Morgan fingerprint density at radius 1 is 1.06 bits per heavy atom. The van der Waals surface area contributed by atoms with Crippen LogP contribution in [0, 0.1) is 0 Å². The van der Waals surface area contributed by atoms with Crippen molar-refractivity contribution < 1.29 is 9.59 Å². The minimum atomic E-state index is -0.259. The van der Waals surface area contributed by atoms with Crippen LogP contribution in [0.2, 0.25) is 10.0 Å². The van der Waals surface area contributed by atoms with Gasteiger partial charge in [0.15, 0.2) is 0 Å². The van der Waals surface area contributed by atoms with Gasteiger partial charge in [-0.1, -0.05) is 68.8 Å². The normalized spacial score (nSPS) is 15.4. The molecule has 0 fully saturated rings. The highest BCUT2D eigenvalue weighted by Gasteiger charge is 2.34. The van der Waals surface area contributed by atoms with Crippen molar-refractivity contribution in [3.8, 4) is 0 Å². The zero-order valence-corrected chi connectivity index (χ0v) is 21.9. The first-order valence-electron chi connectivity index (χ1n) is 12.0. The number of fused-ring (bicyclic) bond motifs is 1. The average molecular weight is 510 g/mol. The summed E-state index contributed by atoms with van der Waals surface area (Å²) in [6.45, 7) is 5.55. The number of amides is 2. The summed E-state index contributed by atoms with van der Waals surface area (Å²) < 4.78 is 0. The molecule has 0 spiro atoms. The second-order valence-electron chi connectivity index (χ2n) is 8.68. The van der Waals surface area contributed by atoms with E-state index in [9.17, 15) is 9.59 Å². The van der Waals surface area contributed by atoms with Crippen LogP contribution in [0.25, 0.3) is 0 Å². The summed E-state index contributed by atoms with van der Waals surface area (Å²) >= 11 is 14.4. The number of hydrogen-bond acceptors (Lipinski definition) is 3. The highest BCUT2D eigenvalue weighted by atomic mass is 35.5. The van der Waals surface area contributed by atoms with Gasteiger partial charge < -0.3 is 9.80 Å². The number of carbonyl (C=O) groups is 2. The molecule has 1 aromatic carbocycles. The Morgan fingerprint density at radius 3 is 2.58 bits per heavy atom. The van der Waals surface area contributed by atoms with E-state index < -0.39 is 0 Å². The number of hydrogen-bond donors (Lipinski definition) is 0. The van der Waals surface area contributed by atoms with Crippen LogP contribution in [0.1, 0.15) is 80.8 Å². The largest absolute Gasteiger partial charge is 0.333 e. The average Bonchev–Trinajstić information content (AvgIpc) is 3.27. The monoisotopic (exact) mass is 508 g/mol. The van der Waals surface area contributed by atoms with E-state index in [1.807, 2.05) is 24.0 Å². The van der Waals surface area contributed by atoms with Crippen molar-refractivity contribution in [1.29, 1.82) is 0 Å². The van der Waals surface area contributed by atoms with Gasteiger partial charge in [-0.2, -0.15) is 0 Å². The SMILES string of the molecule is CCCCCCCC(=O)N(CCC)CC(=O)N1CCc2sccc2C1c1ccc(Cl)cc1Cl. The molecule has 0 aliphatic carbocycles. The van der Waals surface area contributed by atoms with Crippen LogP contribution in [-0.4, -0.2) is 41.2 Å². The third-order valence-corrected chi connectivity index (χ3v) is 7.77. The molecule has 7 heteroatoms. The fourth-order valence-electron chi connectivity index (χ4n) is 4.50. The van der Waals surface area contributed by atoms with Gasteiger partial charge in [-0.15, -0.1) is 11.3 Å². The first-order valence-corrected chi connectivity index (χ1v) is 13.7. The molecule has 1 aromatic heterocycles. The molecule has 0 bridgehead atoms. The zero-order chi connectivity index (χ0) is 23.8. The molecule has 0 saturated carbocycles. The Kier molecular flexibility index (Phi) is 10.1. The summed E-state index contributed by atoms with van der Waals surface area (Å²) in [6, 6.07) is 7.28. The third-order valence-electron chi connectivity index (χ3n) is 6.21. The summed E-state index contributed by atoms with van der Waals surface area (Å²) in [6.07, 6.45) is 7.67. The maximum atomic E-state index is 13.6. The molecule has 4 nitrogen and oxygen atoms in total. The van der Waals surface area contributed by atoms with Crippen molar-refractivity contribution >= 4 is 46.4 Å². The van der Waals surface area contributed by atoms with E-state index in [0.29, 0.717) is 29.6 Å². The smallest absolute Gasteiger partial charge is 0.242 e. The molecule has 0 N–H and O–H groups in total. The van der Waals surface area contributed by atoms with Crippen LogP contribution in [0.4, 0.5) is 0 Å². The second kappa shape index (κ2) is 12.8. The molecular weight excluding hydrogens is 475 g/mol. The van der Waals surface area contributed by atoms with Crippen molar-refractivity contribution in [3.05, 3.63) is 55.7 Å². The Morgan fingerprint density at radius 2 is 1.85 bits per heavy atom. The van der Waals surface area contributed by atoms with Gasteiger partial charge in [0.1, 0.15) is 0 Å². The van der Waals surface area contributed by atoms with Gasteiger partial charge >= 0.3 is 0 Å². The first kappa shape index (κ1) is 26.1. The quantitative estimate of drug-likeness (QED) is 0.303. The lowest BCUT2D eigenvalue weighted by atomic mass is 9.93. The summed E-state index contributed by atoms with van der Waals surface area (Å²) in [5.41, 5.74) is 1.99. The highest BCUT2D eigenvalue weighted by Crippen LogP contribution is 2.41. The van der Waals surface area contributed by atoms with E-state index >= 15 is 0 Å². The fraction of sp³-hybridized carbons (Fsp3) is 0.538. The lowest BCUT2D eigenvalue weighted by molar-refractivity contribution is -0.141. The Hall–Kier alpha value is -1.56. The van der Waals surface area contributed by atoms with Gasteiger partial charge in [-0.25, -0.2) is 0 Å². The van der Waals surface area contributed by atoms with Crippen LogP contribution in [-0.2, 0) is 16.0 Å². The standard InChI is InChI=1S/C26H34Cl2N2O2S/c1-3-5-6-7-8-9-24(31)29(14-4-2)18-25(32)30-15-12-23-21(13-16-33-23)26(30)20-11-10-19(27)17-22(20)28/h10-11,13,16-17,26H,3-9,12,14-15,18H2,1-2H3. The summed E-state index contributed by atoms with van der Waals surface area (Å²) in [5.74, 6) is 0.0478. The maximum Gasteiger partial charge on any atom is 0.242 e. The van der Waals surface area contributed by atoms with Crippen LogP contribution in [0.15, 0.2) is 29.6 Å². The molecule has 0 radical (unpaired) electrons. The number of unbranched alkanes of at least 4 members (excludes halogenated alkanes) is 4. The van der Waals surface area contributed by atoms with Crippen molar-refractivity contribution in [1.82, 2.24) is 9.80 Å². The third kappa shape index (κ3) is 6.74. The molecule has 2 amide bonds. The summed E-state index contributed by atoms with van der Waals surface area (Å²) in [7, 11) is 0. The van der Waals surface area contributed by atoms with Gasteiger partial charge in [0.05, 0.1) is 12.6 Å². The molecular formula is C26H34Cl2N2O2S. The molecule has 2 heterocycles. The number of rotatable bonds is 11. The van der Waals surface area contributed by atoms with Gasteiger partial charge in [0.2, 0.25) is 11.8 Å². The van der Waals surface area contributed by atoms with E-state index in [4.69, 9.17) is 23.2 Å². The molecule has 1 aliphatic rings. The summed E-state index contributed by atoms with van der Waals surface area (Å²) in [4.78, 5) is 31.4. The van der Waals surface area contributed by atoms with Gasteiger partial charge in [-0.05, 0) is 54.0 Å². The topological polar surface area (TPSA) is 40.6 Å². The molecule has 0 saturated heterocycles. The molecule has 33 heavy (non-hydrogen) atoms. The minimum absolute atomic E-state index is 0.0318. The van der Waals surface area contributed by atoms with Gasteiger partial charge in [0, 0.05) is 34.4 Å². The minimum Gasteiger partial charge on any atom is -0.333 e. The molecule has 180 valence electrons. The Bertz CT molecular complexity index is 946. The predicted octanol–water partition coefficient (Wildman–Crippen LogP) is 7.13. The molecule has 2 aromatic rings. The van der Waals surface area contributed by atoms with E-state index in [1.165, 1.54) is 17.7 Å². The van der Waals surface area contributed by atoms with Crippen molar-refractivity contribution in [2.24, 2.45) is 0 Å². The van der Waals surface area contributed by atoms with Crippen molar-refractivity contribution in [2.75, 3.05) is 19.6 Å². The van der Waals surface area contributed by atoms with E-state index in [1.54, 1.807) is 22.3 Å². The number of carbonyl (C=O) groups excluding carboxylic acids is 2. The van der Waals surface area contributed by atoms with Crippen molar-refractivity contribution in [3.63, 3.8) is 0 Å². The lowest BCUT2D eigenvalue weighted by Gasteiger charge is -2.38. The van der Waals surface area contributed by atoms with Crippen LogP contribution in [0.5, 0.6) is 0 Å². The molecule has 1 aliphatic heterocycles. The first-order chi connectivity index (χ1) is 16.0. The van der Waals surface area contributed by atoms with Crippen molar-refractivity contribution in [2.45, 2.75) is 71.3 Å². The Balaban J connectivity index is 1.76. The number of halogens is 2. The molecule has 3 rings (SSSR count). The Labute approximate surface area is 211 Å². The van der Waals surface area contributed by atoms with Gasteiger partial charge in [-0.3, -0.25) is 9.59 Å². The predicted molar refractivity (Wildman–Crippen MR) is 138 cm³/mol. The molecule has 1 atom stereocenters. The number of thiophene rings is 1. The fourth-order valence-corrected chi connectivity index (χ4v) is 5.91. The van der Waals surface area contributed by atoms with Crippen LogP contribution < -0.4 is 0 Å². The second-order valence-corrected chi connectivity index (χ2v) is 10.5. The maximum absolute atomic E-state index is 13.6. The molecule has 1 unspecified atom stereocenters. The number of benzene rings is 1.